The van der Waals surface area contributed by atoms with Crippen molar-refractivity contribution in [1.29, 1.82) is 0 Å². The van der Waals surface area contributed by atoms with E-state index in [2.05, 4.69) is 5.32 Å². The van der Waals surface area contributed by atoms with Crippen LogP contribution in [0.1, 0.15) is 33.6 Å². The maximum absolute atomic E-state index is 11.8. The topological polar surface area (TPSA) is 79.5 Å². The van der Waals surface area contributed by atoms with Crippen molar-refractivity contribution in [3.8, 4) is 0 Å². The Kier molecular flexibility index (Phi) is 3.66. The zero-order valence-electron chi connectivity index (χ0n) is 10.3. The Hall–Kier alpha value is -2.56. The third-order valence-corrected chi connectivity index (χ3v) is 2.62. The monoisotopic (exact) mass is 259 g/mol. The summed E-state index contributed by atoms with van der Waals surface area (Å²) in [5.74, 6) is -0.384. The van der Waals surface area contributed by atoms with Gasteiger partial charge in [-0.2, -0.15) is 0 Å². The summed E-state index contributed by atoms with van der Waals surface area (Å²) in [6.45, 7) is 1.94. The molecule has 1 aromatic heterocycles. The summed E-state index contributed by atoms with van der Waals surface area (Å²) in [4.78, 5) is 22.5. The van der Waals surface area contributed by atoms with Gasteiger partial charge in [0.05, 0.1) is 5.56 Å². The Balaban J connectivity index is 2.08. The zero-order chi connectivity index (χ0) is 13.8. The first-order valence-electron chi connectivity index (χ1n) is 5.83. The van der Waals surface area contributed by atoms with Crippen molar-refractivity contribution >= 4 is 17.6 Å². The number of hydrogen-bond acceptors (Lipinski definition) is 3. The lowest BCUT2D eigenvalue weighted by molar-refractivity contribution is 0.0696. The van der Waals surface area contributed by atoms with Crippen molar-refractivity contribution in [3.63, 3.8) is 0 Å². The van der Waals surface area contributed by atoms with E-state index in [9.17, 15) is 9.59 Å². The molecule has 0 aliphatic rings. The number of hydrogen-bond donors (Lipinski definition) is 2. The van der Waals surface area contributed by atoms with Crippen LogP contribution in [0, 0.1) is 0 Å². The smallest absolute Gasteiger partial charge is 0.335 e. The van der Waals surface area contributed by atoms with Crippen LogP contribution in [0.4, 0.5) is 5.69 Å². The zero-order valence-corrected chi connectivity index (χ0v) is 10.3. The lowest BCUT2D eigenvalue weighted by atomic mass is 10.2. The molecule has 2 aromatic rings. The molecule has 1 aromatic carbocycles. The molecule has 1 heterocycles. The first kappa shape index (κ1) is 12.9. The molecule has 0 aliphatic heterocycles. The molecule has 0 bridgehead atoms. The molecule has 0 atom stereocenters. The van der Waals surface area contributed by atoms with Crippen molar-refractivity contribution < 1.29 is 19.1 Å². The van der Waals surface area contributed by atoms with Crippen LogP contribution < -0.4 is 5.32 Å². The minimum absolute atomic E-state index is 0.171. The van der Waals surface area contributed by atoms with E-state index in [1.165, 1.54) is 24.3 Å². The lowest BCUT2D eigenvalue weighted by Gasteiger charge is -2.03. The van der Waals surface area contributed by atoms with Gasteiger partial charge in [-0.3, -0.25) is 4.79 Å². The third kappa shape index (κ3) is 3.01. The number of furan rings is 1. The van der Waals surface area contributed by atoms with E-state index >= 15 is 0 Å². The van der Waals surface area contributed by atoms with Gasteiger partial charge in [-0.15, -0.1) is 0 Å². The maximum Gasteiger partial charge on any atom is 0.335 e. The first-order valence-corrected chi connectivity index (χ1v) is 5.83. The van der Waals surface area contributed by atoms with Crippen LogP contribution in [-0.4, -0.2) is 17.0 Å². The Labute approximate surface area is 109 Å². The molecule has 98 valence electrons. The Morgan fingerprint density at radius 1 is 1.16 bits per heavy atom. The average Bonchev–Trinajstić information content (AvgIpc) is 2.88. The van der Waals surface area contributed by atoms with Gasteiger partial charge >= 0.3 is 5.97 Å². The molecule has 2 N–H and O–H groups in total. The highest BCUT2D eigenvalue weighted by Crippen LogP contribution is 2.13. The fraction of sp³-hybridized carbons (Fsp3) is 0.143. The van der Waals surface area contributed by atoms with E-state index in [0.29, 0.717) is 5.69 Å². The maximum atomic E-state index is 11.8. The molecular weight excluding hydrogens is 246 g/mol. The minimum Gasteiger partial charge on any atom is -0.478 e. The van der Waals surface area contributed by atoms with Crippen LogP contribution in [0.25, 0.3) is 0 Å². The molecule has 5 heteroatoms. The van der Waals surface area contributed by atoms with Gasteiger partial charge in [-0.1, -0.05) is 6.92 Å². The predicted octanol–water partition coefficient (Wildman–Crippen LogP) is 2.79. The standard InChI is InChI=1S/C14H13NO4/c1-2-11-7-8-12(19-11)13(16)15-10-5-3-9(4-6-10)14(17)18/h3-8H,2H2,1H3,(H,15,16)(H,17,18). The number of amides is 1. The highest BCUT2D eigenvalue weighted by molar-refractivity contribution is 6.02. The van der Waals surface area contributed by atoms with Crippen LogP contribution >= 0.6 is 0 Å². The Morgan fingerprint density at radius 3 is 2.37 bits per heavy atom. The van der Waals surface area contributed by atoms with Crippen molar-refractivity contribution in [3.05, 3.63) is 53.5 Å². The molecule has 0 spiro atoms. The molecule has 0 fully saturated rings. The van der Waals surface area contributed by atoms with Crippen LogP contribution in [-0.2, 0) is 6.42 Å². The summed E-state index contributed by atoms with van der Waals surface area (Å²) in [6.07, 6.45) is 0.723. The molecule has 0 saturated carbocycles. The highest BCUT2D eigenvalue weighted by Gasteiger charge is 2.11. The predicted molar refractivity (Wildman–Crippen MR) is 69.4 cm³/mol. The summed E-state index contributed by atoms with van der Waals surface area (Å²) in [5.41, 5.74) is 0.689. The average molecular weight is 259 g/mol. The summed E-state index contributed by atoms with van der Waals surface area (Å²) < 4.78 is 5.32. The van der Waals surface area contributed by atoms with Crippen LogP contribution in [0.15, 0.2) is 40.8 Å². The number of carboxylic acids is 1. The number of rotatable bonds is 4. The van der Waals surface area contributed by atoms with E-state index in [4.69, 9.17) is 9.52 Å². The lowest BCUT2D eigenvalue weighted by Crippen LogP contribution is -2.11. The van der Waals surface area contributed by atoms with E-state index in [1.54, 1.807) is 12.1 Å². The van der Waals surface area contributed by atoms with Gasteiger partial charge in [-0.25, -0.2) is 4.79 Å². The third-order valence-electron chi connectivity index (χ3n) is 2.62. The van der Waals surface area contributed by atoms with Crippen molar-refractivity contribution in [1.82, 2.24) is 0 Å². The van der Waals surface area contributed by atoms with Gasteiger partial charge in [0, 0.05) is 12.1 Å². The largest absolute Gasteiger partial charge is 0.478 e. The number of anilines is 1. The number of benzene rings is 1. The van der Waals surface area contributed by atoms with Gasteiger partial charge in [0.25, 0.3) is 5.91 Å². The van der Waals surface area contributed by atoms with Gasteiger partial charge in [0.2, 0.25) is 0 Å². The Morgan fingerprint density at radius 2 is 1.84 bits per heavy atom. The van der Waals surface area contributed by atoms with Crippen molar-refractivity contribution in [2.75, 3.05) is 5.32 Å². The van der Waals surface area contributed by atoms with Gasteiger partial charge in [0.1, 0.15) is 5.76 Å². The number of aryl methyl sites for hydroxylation is 1. The molecule has 0 unspecified atom stereocenters. The number of nitrogens with one attached hydrogen (secondary N) is 1. The van der Waals surface area contributed by atoms with E-state index in [-0.39, 0.29) is 17.2 Å². The summed E-state index contributed by atoms with van der Waals surface area (Å²) >= 11 is 0. The first-order chi connectivity index (χ1) is 9.10. The number of carbonyl (C=O) groups is 2. The summed E-state index contributed by atoms with van der Waals surface area (Å²) in [6, 6.07) is 9.29. The molecular formula is C14H13NO4. The normalized spacial score (nSPS) is 10.2. The van der Waals surface area contributed by atoms with E-state index < -0.39 is 5.97 Å². The fourth-order valence-electron chi connectivity index (χ4n) is 1.58. The van der Waals surface area contributed by atoms with Crippen LogP contribution in [0.2, 0.25) is 0 Å². The molecule has 1 amide bonds. The molecule has 19 heavy (non-hydrogen) atoms. The molecule has 2 rings (SSSR count). The highest BCUT2D eigenvalue weighted by atomic mass is 16.4. The number of carbonyl (C=O) groups excluding carboxylic acids is 1. The summed E-state index contributed by atoms with van der Waals surface area (Å²) in [5, 5.41) is 11.4. The molecule has 5 nitrogen and oxygen atoms in total. The van der Waals surface area contributed by atoms with Crippen LogP contribution in [0.3, 0.4) is 0 Å². The van der Waals surface area contributed by atoms with Gasteiger partial charge < -0.3 is 14.8 Å². The van der Waals surface area contributed by atoms with E-state index in [0.717, 1.165) is 12.2 Å². The second-order valence-corrected chi connectivity index (χ2v) is 3.96. The van der Waals surface area contributed by atoms with E-state index in [1.807, 2.05) is 6.92 Å². The Bertz CT molecular complexity index is 598. The molecule has 0 saturated heterocycles. The minimum atomic E-state index is -1.00. The van der Waals surface area contributed by atoms with Gasteiger partial charge in [-0.05, 0) is 36.4 Å². The van der Waals surface area contributed by atoms with Crippen LogP contribution in [0.5, 0.6) is 0 Å². The number of carboxylic acid groups (broad SMARTS) is 1. The molecule has 0 aliphatic carbocycles. The fourth-order valence-corrected chi connectivity index (χ4v) is 1.58. The molecule has 0 radical (unpaired) electrons. The quantitative estimate of drug-likeness (QED) is 0.884. The van der Waals surface area contributed by atoms with Crippen molar-refractivity contribution in [2.24, 2.45) is 0 Å². The SMILES string of the molecule is CCc1ccc(C(=O)Nc2ccc(C(=O)O)cc2)o1. The van der Waals surface area contributed by atoms with Crippen molar-refractivity contribution in [2.45, 2.75) is 13.3 Å². The second-order valence-electron chi connectivity index (χ2n) is 3.96. The van der Waals surface area contributed by atoms with Gasteiger partial charge in [0.15, 0.2) is 5.76 Å². The number of aromatic carboxylic acids is 1. The second kappa shape index (κ2) is 5.39. The summed E-state index contributed by atoms with van der Waals surface area (Å²) in [7, 11) is 0.